The molecule has 1 aliphatic heterocycles. The Hall–Kier alpha value is -2.04. The predicted octanol–water partition coefficient (Wildman–Crippen LogP) is 1.65. The monoisotopic (exact) mass is 410 g/mol. The first-order chi connectivity index (χ1) is 12.4. The summed E-state index contributed by atoms with van der Waals surface area (Å²) in [5.41, 5.74) is 0.847. The van der Waals surface area contributed by atoms with Crippen LogP contribution in [-0.2, 0) is 26.3 Å². The molecule has 27 heavy (non-hydrogen) atoms. The molecule has 146 valence electrons. The minimum absolute atomic E-state index is 0.140. The number of aromatic nitrogens is 2. The molecule has 1 aliphatic rings. The molecule has 2 heterocycles. The lowest BCUT2D eigenvalue weighted by Crippen LogP contribution is -2.40. The number of hydrogen-bond donors (Lipinski definition) is 1. The summed E-state index contributed by atoms with van der Waals surface area (Å²) in [6, 6.07) is 6.51. The summed E-state index contributed by atoms with van der Waals surface area (Å²) in [7, 11) is -7.22. The number of nitrogens with one attached hydrogen (secondary N) is 1. The minimum Gasteiger partial charge on any atom is -0.326 e. The van der Waals surface area contributed by atoms with Crippen LogP contribution in [0.1, 0.15) is 26.3 Å². The zero-order valence-electron chi connectivity index (χ0n) is 15.6. The Balaban J connectivity index is 2.02. The molecule has 2 aromatic rings. The van der Waals surface area contributed by atoms with Crippen LogP contribution in [0.15, 0.2) is 40.5 Å². The fourth-order valence-electron chi connectivity index (χ4n) is 2.84. The van der Waals surface area contributed by atoms with Crippen molar-refractivity contribution in [3.8, 4) is 0 Å². The van der Waals surface area contributed by atoms with E-state index in [4.69, 9.17) is 0 Å². The van der Waals surface area contributed by atoms with E-state index in [1.165, 1.54) is 12.3 Å². The van der Waals surface area contributed by atoms with E-state index < -0.39 is 25.4 Å². The van der Waals surface area contributed by atoms with Crippen molar-refractivity contribution in [3.63, 3.8) is 0 Å². The number of nitrogens with zero attached hydrogens (tertiary/aromatic N) is 3. The molecule has 3 rings (SSSR count). The first-order valence-electron chi connectivity index (χ1n) is 8.34. The largest absolute Gasteiger partial charge is 0.326 e. The summed E-state index contributed by atoms with van der Waals surface area (Å²) in [4.78, 5) is 10.1. The van der Waals surface area contributed by atoms with Crippen LogP contribution in [0, 0.1) is 0 Å². The number of fused-ring (bicyclic) bond motifs is 1. The van der Waals surface area contributed by atoms with Gasteiger partial charge in [-0.2, -0.15) is 0 Å². The number of sulfone groups is 1. The lowest BCUT2D eigenvalue weighted by molar-refractivity contribution is 0.491. The van der Waals surface area contributed by atoms with Crippen molar-refractivity contribution >= 4 is 31.4 Å². The van der Waals surface area contributed by atoms with Crippen molar-refractivity contribution in [1.82, 2.24) is 14.7 Å². The molecule has 1 aromatic heterocycles. The molecule has 0 saturated heterocycles. The standard InChI is InChI=1S/C17H22N4O4S2/c1-17(2,3)20-27(24,25)14-7-5-6-13(10-14)21-9-8-12-11-18-16(19-15(12)21)26(4,22)23/h5-7,10-11,20H,8-9H2,1-4H3. The average Bonchev–Trinajstić information content (AvgIpc) is 2.95. The van der Waals surface area contributed by atoms with Crippen molar-refractivity contribution < 1.29 is 16.8 Å². The lowest BCUT2D eigenvalue weighted by atomic mass is 10.1. The van der Waals surface area contributed by atoms with Gasteiger partial charge in [-0.3, -0.25) is 0 Å². The van der Waals surface area contributed by atoms with E-state index in [1.807, 2.05) is 4.90 Å². The van der Waals surface area contributed by atoms with Crippen molar-refractivity contribution in [3.05, 3.63) is 36.0 Å². The van der Waals surface area contributed by atoms with E-state index in [9.17, 15) is 16.8 Å². The molecular formula is C17H22N4O4S2. The fourth-order valence-corrected chi connectivity index (χ4v) is 4.80. The van der Waals surface area contributed by atoms with Gasteiger partial charge in [-0.25, -0.2) is 31.5 Å². The normalized spacial score (nSPS) is 15.0. The summed E-state index contributed by atoms with van der Waals surface area (Å²) in [5.74, 6) is 0.490. The molecule has 0 atom stereocenters. The van der Waals surface area contributed by atoms with E-state index in [2.05, 4.69) is 14.7 Å². The topological polar surface area (TPSA) is 109 Å². The highest BCUT2D eigenvalue weighted by molar-refractivity contribution is 7.90. The van der Waals surface area contributed by atoms with Crippen molar-refractivity contribution in [2.45, 2.75) is 42.8 Å². The summed E-state index contributed by atoms with van der Waals surface area (Å²) in [6.45, 7) is 5.88. The van der Waals surface area contributed by atoms with Crippen LogP contribution in [-0.4, -0.2) is 45.1 Å². The average molecular weight is 411 g/mol. The Morgan fingerprint density at radius 1 is 1.15 bits per heavy atom. The lowest BCUT2D eigenvalue weighted by Gasteiger charge is -2.22. The third-order valence-corrected chi connectivity index (χ3v) is 6.51. The van der Waals surface area contributed by atoms with Gasteiger partial charge < -0.3 is 4.90 Å². The molecular weight excluding hydrogens is 388 g/mol. The highest BCUT2D eigenvalue weighted by Gasteiger charge is 2.27. The van der Waals surface area contributed by atoms with E-state index in [0.717, 1.165) is 11.8 Å². The zero-order valence-corrected chi connectivity index (χ0v) is 17.2. The van der Waals surface area contributed by atoms with Crippen LogP contribution in [0.2, 0.25) is 0 Å². The number of hydrogen-bond acceptors (Lipinski definition) is 7. The van der Waals surface area contributed by atoms with Gasteiger partial charge in [0.05, 0.1) is 4.90 Å². The third kappa shape index (κ3) is 4.28. The maximum Gasteiger partial charge on any atom is 0.248 e. The van der Waals surface area contributed by atoms with Crippen LogP contribution >= 0.6 is 0 Å². The van der Waals surface area contributed by atoms with Gasteiger partial charge in [0.25, 0.3) is 0 Å². The third-order valence-electron chi connectivity index (χ3n) is 3.89. The molecule has 0 aliphatic carbocycles. The highest BCUT2D eigenvalue weighted by atomic mass is 32.2. The highest BCUT2D eigenvalue weighted by Crippen LogP contribution is 2.34. The summed E-state index contributed by atoms with van der Waals surface area (Å²) < 4.78 is 51.4. The maximum absolute atomic E-state index is 12.6. The van der Waals surface area contributed by atoms with Crippen LogP contribution in [0.25, 0.3) is 0 Å². The van der Waals surface area contributed by atoms with Gasteiger partial charge >= 0.3 is 0 Å². The molecule has 0 spiro atoms. The second-order valence-corrected chi connectivity index (χ2v) is 11.1. The SMILES string of the molecule is CC(C)(C)NS(=O)(=O)c1cccc(N2CCc3cnc(S(C)(=O)=O)nc32)c1. The summed E-state index contributed by atoms with van der Waals surface area (Å²) >= 11 is 0. The van der Waals surface area contributed by atoms with Crippen LogP contribution < -0.4 is 9.62 Å². The molecule has 1 N–H and O–H groups in total. The van der Waals surface area contributed by atoms with Crippen molar-refractivity contribution in [2.24, 2.45) is 0 Å². The molecule has 0 saturated carbocycles. The number of rotatable bonds is 4. The van der Waals surface area contributed by atoms with Gasteiger partial charge in [-0.1, -0.05) is 6.07 Å². The van der Waals surface area contributed by atoms with Crippen LogP contribution in [0.5, 0.6) is 0 Å². The van der Waals surface area contributed by atoms with Gasteiger partial charge in [0.1, 0.15) is 5.82 Å². The smallest absolute Gasteiger partial charge is 0.248 e. The van der Waals surface area contributed by atoms with Gasteiger partial charge in [0.15, 0.2) is 0 Å². The first kappa shape index (κ1) is 19.7. The summed E-state index contributed by atoms with van der Waals surface area (Å²) in [6.07, 6.45) is 3.22. The van der Waals surface area contributed by atoms with E-state index in [-0.39, 0.29) is 10.1 Å². The molecule has 8 nitrogen and oxygen atoms in total. The molecule has 10 heteroatoms. The van der Waals surface area contributed by atoms with Gasteiger partial charge in [-0.15, -0.1) is 0 Å². The molecule has 0 bridgehead atoms. The van der Waals surface area contributed by atoms with Gasteiger partial charge in [0, 0.05) is 35.8 Å². The second-order valence-electron chi connectivity index (χ2n) is 7.53. The Kier molecular flexibility index (Phi) is 4.77. The van der Waals surface area contributed by atoms with Crippen molar-refractivity contribution in [1.29, 1.82) is 0 Å². The van der Waals surface area contributed by atoms with Gasteiger partial charge in [-0.05, 0) is 45.4 Å². The fraction of sp³-hybridized carbons (Fsp3) is 0.412. The Labute approximate surface area is 159 Å². The Bertz CT molecular complexity index is 1090. The number of benzene rings is 1. The van der Waals surface area contributed by atoms with Crippen LogP contribution in [0.3, 0.4) is 0 Å². The van der Waals surface area contributed by atoms with Gasteiger partial charge in [0.2, 0.25) is 25.0 Å². The summed E-state index contributed by atoms with van der Waals surface area (Å²) in [5, 5.41) is -0.244. The molecule has 0 amide bonds. The zero-order chi connectivity index (χ0) is 20.0. The molecule has 1 aromatic carbocycles. The number of anilines is 2. The van der Waals surface area contributed by atoms with Crippen LogP contribution in [0.4, 0.5) is 11.5 Å². The minimum atomic E-state index is -3.68. The quantitative estimate of drug-likeness (QED) is 0.763. The molecule has 0 unspecified atom stereocenters. The first-order valence-corrected chi connectivity index (χ1v) is 11.7. The maximum atomic E-state index is 12.6. The second kappa shape index (κ2) is 6.54. The Morgan fingerprint density at radius 3 is 2.48 bits per heavy atom. The van der Waals surface area contributed by atoms with E-state index in [0.29, 0.717) is 24.5 Å². The Morgan fingerprint density at radius 2 is 1.85 bits per heavy atom. The van der Waals surface area contributed by atoms with E-state index >= 15 is 0 Å². The van der Waals surface area contributed by atoms with Crippen molar-refractivity contribution in [2.75, 3.05) is 17.7 Å². The van der Waals surface area contributed by atoms with E-state index in [1.54, 1.807) is 39.0 Å². The predicted molar refractivity (Wildman–Crippen MR) is 102 cm³/mol. The molecule has 0 fully saturated rings. The molecule has 0 radical (unpaired) electrons. The number of sulfonamides is 1.